The Hall–Kier alpha value is -2.08. The minimum atomic E-state index is -1.20. The number of rotatable bonds is 4. The van der Waals surface area contributed by atoms with Crippen molar-refractivity contribution in [3.05, 3.63) is 46.8 Å². The predicted molar refractivity (Wildman–Crippen MR) is 70.6 cm³/mol. The van der Waals surface area contributed by atoms with Crippen LogP contribution in [0.2, 0.25) is 0 Å². The number of nitrogens with zero attached hydrogens (tertiary/aromatic N) is 1. The SMILES string of the molecule is C[C@H](Sc1nc(-c2ccccc2)cc(=O)[nH]1)C(=O)[O-]. The Bertz CT molecular complexity index is 640. The number of aromatic amines is 1. The maximum atomic E-state index is 11.6. The van der Waals surface area contributed by atoms with Gasteiger partial charge in [0.05, 0.1) is 11.7 Å². The normalized spacial score (nSPS) is 12.1. The van der Waals surface area contributed by atoms with Crippen molar-refractivity contribution in [2.75, 3.05) is 0 Å². The number of carbonyl (C=O) groups is 1. The van der Waals surface area contributed by atoms with E-state index in [1.54, 1.807) is 0 Å². The lowest BCUT2D eigenvalue weighted by atomic mass is 10.1. The Morgan fingerprint density at radius 3 is 2.68 bits per heavy atom. The zero-order valence-electron chi connectivity index (χ0n) is 10.1. The van der Waals surface area contributed by atoms with Crippen LogP contribution in [-0.4, -0.2) is 21.2 Å². The van der Waals surface area contributed by atoms with E-state index in [4.69, 9.17) is 0 Å². The molecule has 0 bridgehead atoms. The number of H-pyrrole nitrogens is 1. The highest BCUT2D eigenvalue weighted by Gasteiger charge is 2.09. The monoisotopic (exact) mass is 275 g/mol. The summed E-state index contributed by atoms with van der Waals surface area (Å²) in [7, 11) is 0. The topological polar surface area (TPSA) is 85.9 Å². The molecule has 1 N–H and O–H groups in total. The van der Waals surface area contributed by atoms with Crippen molar-refractivity contribution in [1.82, 2.24) is 9.97 Å². The molecule has 0 radical (unpaired) electrons. The van der Waals surface area contributed by atoms with Gasteiger partial charge in [-0.25, -0.2) is 4.98 Å². The summed E-state index contributed by atoms with van der Waals surface area (Å²) in [6.07, 6.45) is 0. The summed E-state index contributed by atoms with van der Waals surface area (Å²) in [5.74, 6) is -1.20. The van der Waals surface area contributed by atoms with Crippen molar-refractivity contribution >= 4 is 17.7 Å². The van der Waals surface area contributed by atoms with Crippen LogP contribution >= 0.6 is 11.8 Å². The van der Waals surface area contributed by atoms with Gasteiger partial charge in [0.2, 0.25) is 0 Å². The van der Waals surface area contributed by atoms with Crippen molar-refractivity contribution in [3.8, 4) is 11.3 Å². The van der Waals surface area contributed by atoms with Gasteiger partial charge in [0, 0.05) is 16.9 Å². The van der Waals surface area contributed by atoms with Gasteiger partial charge in [-0.05, 0) is 6.92 Å². The Morgan fingerprint density at radius 2 is 2.05 bits per heavy atom. The van der Waals surface area contributed by atoms with Crippen molar-refractivity contribution in [2.24, 2.45) is 0 Å². The molecule has 5 nitrogen and oxygen atoms in total. The van der Waals surface area contributed by atoms with Crippen LogP contribution in [0, 0.1) is 0 Å². The molecule has 1 aromatic heterocycles. The molecule has 0 spiro atoms. The lowest BCUT2D eigenvalue weighted by molar-refractivity contribution is -0.304. The first-order valence-electron chi connectivity index (χ1n) is 5.60. The van der Waals surface area contributed by atoms with Crippen LogP contribution in [0.5, 0.6) is 0 Å². The Balaban J connectivity index is 2.35. The van der Waals surface area contributed by atoms with Gasteiger partial charge in [0.25, 0.3) is 5.56 Å². The molecule has 2 rings (SSSR count). The zero-order chi connectivity index (χ0) is 13.8. The van der Waals surface area contributed by atoms with Gasteiger partial charge >= 0.3 is 0 Å². The molecule has 0 saturated heterocycles. The first-order valence-corrected chi connectivity index (χ1v) is 6.48. The summed E-state index contributed by atoms with van der Waals surface area (Å²) in [5.41, 5.74) is 0.996. The molecule has 0 aliphatic heterocycles. The van der Waals surface area contributed by atoms with E-state index in [0.29, 0.717) is 5.69 Å². The van der Waals surface area contributed by atoms with E-state index >= 15 is 0 Å². The Kier molecular flexibility index (Phi) is 4.01. The van der Waals surface area contributed by atoms with Crippen LogP contribution in [0.3, 0.4) is 0 Å². The Morgan fingerprint density at radius 1 is 1.37 bits per heavy atom. The zero-order valence-corrected chi connectivity index (χ0v) is 10.9. The third kappa shape index (κ3) is 3.45. The lowest BCUT2D eigenvalue weighted by Crippen LogP contribution is -2.31. The van der Waals surface area contributed by atoms with E-state index < -0.39 is 11.2 Å². The average Bonchev–Trinajstić information content (AvgIpc) is 2.39. The number of hydrogen-bond acceptors (Lipinski definition) is 5. The number of carboxylic acid groups (broad SMARTS) is 1. The van der Waals surface area contributed by atoms with Gasteiger partial charge in [-0.1, -0.05) is 42.1 Å². The molecule has 98 valence electrons. The number of carbonyl (C=O) groups excluding carboxylic acids is 1. The van der Waals surface area contributed by atoms with Gasteiger partial charge < -0.3 is 14.9 Å². The number of carboxylic acids is 1. The molecule has 0 saturated carbocycles. The smallest absolute Gasteiger partial charge is 0.252 e. The molecule has 0 aliphatic rings. The fourth-order valence-corrected chi connectivity index (χ4v) is 2.21. The van der Waals surface area contributed by atoms with Gasteiger partial charge in [0.15, 0.2) is 5.16 Å². The minimum absolute atomic E-state index is 0.267. The fraction of sp³-hybridized carbons (Fsp3) is 0.154. The number of benzene rings is 1. The molecule has 19 heavy (non-hydrogen) atoms. The van der Waals surface area contributed by atoms with Gasteiger partial charge in [-0.3, -0.25) is 4.79 Å². The van der Waals surface area contributed by atoms with Crippen LogP contribution in [0.1, 0.15) is 6.92 Å². The van der Waals surface area contributed by atoms with Gasteiger partial charge in [0.1, 0.15) is 0 Å². The van der Waals surface area contributed by atoms with Crippen molar-refractivity contribution in [3.63, 3.8) is 0 Å². The molecule has 2 aromatic rings. The highest BCUT2D eigenvalue weighted by atomic mass is 32.2. The first kappa shape index (κ1) is 13.4. The van der Waals surface area contributed by atoms with E-state index in [2.05, 4.69) is 9.97 Å². The molecule has 1 aromatic carbocycles. The highest BCUT2D eigenvalue weighted by molar-refractivity contribution is 8.00. The largest absolute Gasteiger partial charge is 0.549 e. The number of hydrogen-bond donors (Lipinski definition) is 1. The predicted octanol–water partition coefficient (Wildman–Crippen LogP) is 0.667. The Labute approximate surface area is 113 Å². The second-order valence-electron chi connectivity index (χ2n) is 3.88. The third-order valence-electron chi connectivity index (χ3n) is 2.41. The van der Waals surface area contributed by atoms with Gasteiger partial charge in [-0.2, -0.15) is 0 Å². The molecule has 0 aliphatic carbocycles. The molecular weight excluding hydrogens is 264 g/mol. The molecule has 0 amide bonds. The highest BCUT2D eigenvalue weighted by Crippen LogP contribution is 2.21. The molecule has 6 heteroatoms. The summed E-state index contributed by atoms with van der Waals surface area (Å²) in [4.78, 5) is 29.0. The molecule has 1 atom stereocenters. The van der Waals surface area contributed by atoms with E-state index in [-0.39, 0.29) is 10.7 Å². The van der Waals surface area contributed by atoms with Gasteiger partial charge in [-0.15, -0.1) is 0 Å². The summed E-state index contributed by atoms with van der Waals surface area (Å²) < 4.78 is 0. The lowest BCUT2D eigenvalue weighted by Gasteiger charge is -2.11. The van der Waals surface area contributed by atoms with E-state index in [1.807, 2.05) is 30.3 Å². The maximum Gasteiger partial charge on any atom is 0.252 e. The van der Waals surface area contributed by atoms with Crippen LogP contribution in [0.4, 0.5) is 0 Å². The summed E-state index contributed by atoms with van der Waals surface area (Å²) in [5, 5.41) is 10.2. The summed E-state index contributed by atoms with van der Waals surface area (Å²) >= 11 is 0.946. The third-order valence-corrected chi connectivity index (χ3v) is 3.37. The number of thioether (sulfide) groups is 1. The fourth-order valence-electron chi connectivity index (χ4n) is 1.46. The molecule has 0 fully saturated rings. The van der Waals surface area contributed by atoms with Crippen LogP contribution in [-0.2, 0) is 4.79 Å². The van der Waals surface area contributed by atoms with Crippen LogP contribution in [0.25, 0.3) is 11.3 Å². The minimum Gasteiger partial charge on any atom is -0.549 e. The summed E-state index contributed by atoms with van der Waals surface area (Å²) in [6, 6.07) is 10.6. The number of aliphatic carboxylic acids is 1. The standard InChI is InChI=1S/C13H12N2O3S/c1-8(12(17)18)19-13-14-10(7-11(16)15-13)9-5-3-2-4-6-9/h2-8H,1H3,(H,17,18)(H,14,15,16)/p-1/t8-/m0/s1. The number of aromatic nitrogens is 2. The maximum absolute atomic E-state index is 11.6. The van der Waals surface area contributed by atoms with Crippen LogP contribution < -0.4 is 10.7 Å². The van der Waals surface area contributed by atoms with Crippen molar-refractivity contribution in [2.45, 2.75) is 17.3 Å². The van der Waals surface area contributed by atoms with E-state index in [0.717, 1.165) is 17.3 Å². The first-order chi connectivity index (χ1) is 9.06. The van der Waals surface area contributed by atoms with Crippen LogP contribution in [0.15, 0.2) is 46.3 Å². The summed E-state index contributed by atoms with van der Waals surface area (Å²) in [6.45, 7) is 1.48. The molecule has 0 unspecified atom stereocenters. The average molecular weight is 275 g/mol. The second-order valence-corrected chi connectivity index (χ2v) is 5.21. The number of nitrogens with one attached hydrogen (secondary N) is 1. The van der Waals surface area contributed by atoms with E-state index in [1.165, 1.54) is 13.0 Å². The van der Waals surface area contributed by atoms with E-state index in [9.17, 15) is 14.7 Å². The molecule has 1 heterocycles. The molecular formula is C13H11N2O3S-. The van der Waals surface area contributed by atoms with Crippen molar-refractivity contribution < 1.29 is 9.90 Å². The van der Waals surface area contributed by atoms with Crippen molar-refractivity contribution in [1.29, 1.82) is 0 Å². The second kappa shape index (κ2) is 5.71. The quantitative estimate of drug-likeness (QED) is 0.654.